The molecule has 0 aliphatic heterocycles. The van der Waals surface area contributed by atoms with Crippen LogP contribution in [0.2, 0.25) is 0 Å². The number of hydrogen-bond acceptors (Lipinski definition) is 3. The summed E-state index contributed by atoms with van der Waals surface area (Å²) in [4.78, 5) is 10.6. The Labute approximate surface area is 61.8 Å². The van der Waals surface area contributed by atoms with Crippen molar-refractivity contribution in [3.63, 3.8) is 0 Å². The van der Waals surface area contributed by atoms with Crippen molar-refractivity contribution in [3.8, 4) is 0 Å². The van der Waals surface area contributed by atoms with Crippen molar-refractivity contribution in [1.82, 2.24) is 5.32 Å². The van der Waals surface area contributed by atoms with E-state index in [2.05, 4.69) is 5.32 Å². The monoisotopic (exact) mass is 145 g/mol. The van der Waals surface area contributed by atoms with E-state index in [1.54, 1.807) is 6.92 Å². The van der Waals surface area contributed by atoms with Crippen LogP contribution in [0.5, 0.6) is 0 Å². The van der Waals surface area contributed by atoms with Crippen LogP contribution >= 0.6 is 0 Å². The fraction of sp³-hybridized carbons (Fsp3) is 0.857. The zero-order valence-electron chi connectivity index (χ0n) is 6.81. The average Bonchev–Trinajstić information content (AvgIpc) is 1.88. The number of carbonyl (C=O) groups is 1. The Morgan fingerprint density at radius 1 is 1.70 bits per heavy atom. The average molecular weight is 145 g/mol. The zero-order chi connectivity index (χ0) is 7.98. The Kier molecular flexibility index (Phi) is 5.16. The van der Waals surface area contributed by atoms with Crippen molar-refractivity contribution in [2.75, 3.05) is 20.2 Å². The van der Waals surface area contributed by atoms with E-state index in [0.717, 1.165) is 6.54 Å². The van der Waals surface area contributed by atoms with Crippen molar-refractivity contribution >= 4 is 5.78 Å². The highest BCUT2D eigenvalue weighted by Gasteiger charge is 2.05. The van der Waals surface area contributed by atoms with Gasteiger partial charge in [-0.15, -0.1) is 0 Å². The van der Waals surface area contributed by atoms with Crippen LogP contribution in [0.15, 0.2) is 0 Å². The number of ketones is 1. The van der Waals surface area contributed by atoms with Gasteiger partial charge in [0.25, 0.3) is 0 Å². The number of rotatable bonds is 5. The molecule has 3 heteroatoms. The fourth-order valence-electron chi connectivity index (χ4n) is 0.455. The third-order valence-electron chi connectivity index (χ3n) is 1.29. The molecule has 0 rings (SSSR count). The van der Waals surface area contributed by atoms with Crippen LogP contribution in [0.3, 0.4) is 0 Å². The number of ether oxygens (including phenoxy) is 1. The van der Waals surface area contributed by atoms with Crippen LogP contribution in [-0.2, 0) is 9.53 Å². The van der Waals surface area contributed by atoms with E-state index in [-0.39, 0.29) is 11.9 Å². The lowest BCUT2D eigenvalue weighted by atomic mass is 10.3. The quantitative estimate of drug-likeness (QED) is 0.562. The molecule has 0 heterocycles. The molecule has 0 aromatic heterocycles. The van der Waals surface area contributed by atoms with Crippen molar-refractivity contribution < 1.29 is 9.53 Å². The summed E-state index contributed by atoms with van der Waals surface area (Å²) in [5.74, 6) is 0.0797. The highest BCUT2D eigenvalue weighted by molar-refractivity contribution is 5.79. The molecular weight excluding hydrogens is 130 g/mol. The Balaban J connectivity index is 3.21. The van der Waals surface area contributed by atoms with E-state index >= 15 is 0 Å². The summed E-state index contributed by atoms with van der Waals surface area (Å²) in [5, 5.41) is 2.93. The maximum absolute atomic E-state index is 10.6. The lowest BCUT2D eigenvalue weighted by Gasteiger charge is -2.08. The molecular formula is C7H15NO2. The summed E-state index contributed by atoms with van der Waals surface area (Å²) in [5.41, 5.74) is 0. The third-order valence-corrected chi connectivity index (χ3v) is 1.29. The predicted octanol–water partition coefficient (Wildman–Crippen LogP) is 0.200. The third kappa shape index (κ3) is 4.47. The standard InChI is InChI=1S/C7H15NO2/c1-6(9)7(2)10-5-4-8-3/h7-8H,4-5H2,1-3H3. The Morgan fingerprint density at radius 3 is 2.70 bits per heavy atom. The number of carbonyl (C=O) groups excluding carboxylic acids is 1. The van der Waals surface area contributed by atoms with Crippen LogP contribution in [0.4, 0.5) is 0 Å². The lowest BCUT2D eigenvalue weighted by molar-refractivity contribution is -0.127. The van der Waals surface area contributed by atoms with E-state index in [9.17, 15) is 4.79 Å². The topological polar surface area (TPSA) is 38.3 Å². The van der Waals surface area contributed by atoms with Gasteiger partial charge in [-0.2, -0.15) is 0 Å². The maximum atomic E-state index is 10.6. The minimum absolute atomic E-state index is 0.0797. The second-order valence-corrected chi connectivity index (χ2v) is 2.23. The maximum Gasteiger partial charge on any atom is 0.158 e. The molecule has 0 aromatic rings. The molecule has 0 bridgehead atoms. The van der Waals surface area contributed by atoms with Gasteiger partial charge in [-0.1, -0.05) is 0 Å². The van der Waals surface area contributed by atoms with Crippen LogP contribution < -0.4 is 5.32 Å². The molecule has 3 nitrogen and oxygen atoms in total. The Hall–Kier alpha value is -0.410. The number of likely N-dealkylation sites (N-methyl/N-ethyl adjacent to an activating group) is 1. The van der Waals surface area contributed by atoms with Gasteiger partial charge in [0.1, 0.15) is 6.10 Å². The largest absolute Gasteiger partial charge is 0.369 e. The zero-order valence-corrected chi connectivity index (χ0v) is 6.81. The summed E-state index contributed by atoms with van der Waals surface area (Å²) in [6, 6.07) is 0. The van der Waals surface area contributed by atoms with Crippen LogP contribution in [-0.4, -0.2) is 32.1 Å². The second-order valence-electron chi connectivity index (χ2n) is 2.23. The first-order valence-electron chi connectivity index (χ1n) is 3.45. The molecule has 0 aliphatic rings. The Bertz CT molecular complexity index is 104. The Morgan fingerprint density at radius 2 is 2.30 bits per heavy atom. The first kappa shape index (κ1) is 9.59. The number of hydrogen-bond donors (Lipinski definition) is 1. The first-order valence-corrected chi connectivity index (χ1v) is 3.45. The molecule has 0 aromatic carbocycles. The van der Waals surface area contributed by atoms with Crippen LogP contribution in [0.25, 0.3) is 0 Å². The van der Waals surface area contributed by atoms with Gasteiger partial charge in [0.05, 0.1) is 6.61 Å². The van der Waals surface area contributed by atoms with Crippen molar-refractivity contribution in [1.29, 1.82) is 0 Å². The van der Waals surface area contributed by atoms with Crippen molar-refractivity contribution in [3.05, 3.63) is 0 Å². The van der Waals surface area contributed by atoms with Gasteiger partial charge in [-0.3, -0.25) is 4.79 Å². The summed E-state index contributed by atoms with van der Waals surface area (Å²) < 4.78 is 5.13. The SMILES string of the molecule is CNCCOC(C)C(C)=O. The van der Waals surface area contributed by atoms with Crippen LogP contribution in [0, 0.1) is 0 Å². The molecule has 1 unspecified atom stereocenters. The summed E-state index contributed by atoms with van der Waals surface area (Å²) in [7, 11) is 1.85. The van der Waals surface area contributed by atoms with Gasteiger partial charge in [0.15, 0.2) is 5.78 Å². The summed E-state index contributed by atoms with van der Waals surface area (Å²) >= 11 is 0. The van der Waals surface area contributed by atoms with E-state index in [1.807, 2.05) is 7.05 Å². The first-order chi connectivity index (χ1) is 4.68. The smallest absolute Gasteiger partial charge is 0.158 e. The molecule has 1 N–H and O–H groups in total. The minimum atomic E-state index is -0.256. The highest BCUT2D eigenvalue weighted by Crippen LogP contribution is 1.89. The molecule has 0 fully saturated rings. The normalized spacial score (nSPS) is 13.1. The van der Waals surface area contributed by atoms with Gasteiger partial charge in [-0.25, -0.2) is 0 Å². The second kappa shape index (κ2) is 5.38. The molecule has 0 amide bonds. The lowest BCUT2D eigenvalue weighted by Crippen LogP contribution is -2.23. The van der Waals surface area contributed by atoms with E-state index in [1.165, 1.54) is 6.92 Å². The molecule has 0 radical (unpaired) electrons. The van der Waals surface area contributed by atoms with Gasteiger partial charge in [0.2, 0.25) is 0 Å². The van der Waals surface area contributed by atoms with Crippen molar-refractivity contribution in [2.24, 2.45) is 0 Å². The molecule has 1 atom stereocenters. The van der Waals surface area contributed by atoms with E-state index in [0.29, 0.717) is 6.61 Å². The molecule has 60 valence electrons. The molecule has 0 saturated heterocycles. The summed E-state index contributed by atoms with van der Waals surface area (Å²) in [6.07, 6.45) is -0.256. The van der Waals surface area contributed by atoms with Gasteiger partial charge < -0.3 is 10.1 Å². The summed E-state index contributed by atoms with van der Waals surface area (Å²) in [6.45, 7) is 4.68. The minimum Gasteiger partial charge on any atom is -0.369 e. The van der Waals surface area contributed by atoms with Gasteiger partial charge in [-0.05, 0) is 20.9 Å². The number of nitrogens with one attached hydrogen (secondary N) is 1. The van der Waals surface area contributed by atoms with Crippen LogP contribution in [0.1, 0.15) is 13.8 Å². The predicted molar refractivity (Wildman–Crippen MR) is 40.0 cm³/mol. The number of Topliss-reactive ketones (excluding diaryl/α,β-unsaturated/α-hetero) is 1. The van der Waals surface area contributed by atoms with E-state index < -0.39 is 0 Å². The van der Waals surface area contributed by atoms with Crippen molar-refractivity contribution in [2.45, 2.75) is 20.0 Å². The van der Waals surface area contributed by atoms with Gasteiger partial charge in [0, 0.05) is 6.54 Å². The van der Waals surface area contributed by atoms with E-state index in [4.69, 9.17) is 4.74 Å². The molecule has 0 spiro atoms. The fourth-order valence-corrected chi connectivity index (χ4v) is 0.455. The molecule has 0 saturated carbocycles. The molecule has 0 aliphatic carbocycles. The molecule has 10 heavy (non-hydrogen) atoms. The highest BCUT2D eigenvalue weighted by atomic mass is 16.5. The van der Waals surface area contributed by atoms with Gasteiger partial charge >= 0.3 is 0 Å².